The zero-order chi connectivity index (χ0) is 18.8. The number of nitro benzene ring substituents is 1. The van der Waals surface area contributed by atoms with Crippen LogP contribution in [0.5, 0.6) is 0 Å². The first kappa shape index (κ1) is 17.0. The number of nitrogens with zero attached hydrogens (tertiary/aromatic N) is 2. The van der Waals surface area contributed by atoms with Crippen LogP contribution in [0, 0.1) is 10.1 Å². The SMILES string of the molecule is O=C(/C=C/c1cccc([N+](=O)[O-])c1)Nc1ccc2nc(C3CCC3)[nH]c2c1. The van der Waals surface area contributed by atoms with Gasteiger partial charge >= 0.3 is 0 Å². The Hall–Kier alpha value is -3.48. The fourth-order valence-corrected chi connectivity index (χ4v) is 3.08. The molecule has 1 aliphatic carbocycles. The number of benzene rings is 2. The molecule has 7 heteroatoms. The Labute approximate surface area is 155 Å². The third kappa shape index (κ3) is 3.72. The number of amides is 1. The molecule has 1 aromatic heterocycles. The van der Waals surface area contributed by atoms with E-state index in [1.807, 2.05) is 18.2 Å². The second-order valence-corrected chi connectivity index (χ2v) is 6.66. The number of nitrogens with one attached hydrogen (secondary N) is 2. The lowest BCUT2D eigenvalue weighted by Crippen LogP contribution is -2.10. The Morgan fingerprint density at radius 2 is 2.11 bits per heavy atom. The summed E-state index contributed by atoms with van der Waals surface area (Å²) >= 11 is 0. The number of non-ortho nitro benzene ring substituents is 1. The molecule has 0 radical (unpaired) electrons. The number of carbonyl (C=O) groups excluding carboxylic acids is 1. The van der Waals surface area contributed by atoms with E-state index in [0.717, 1.165) is 16.9 Å². The summed E-state index contributed by atoms with van der Waals surface area (Å²) in [6, 6.07) is 11.7. The molecule has 1 fully saturated rings. The standard InChI is InChI=1S/C20H18N4O3/c25-19(10-7-13-3-1-6-16(11-13)24(26)27)21-15-8-9-17-18(12-15)23-20(22-17)14-4-2-5-14/h1,3,6-12,14H,2,4-5H2,(H,21,25)(H,22,23)/b10-7+. The highest BCUT2D eigenvalue weighted by atomic mass is 16.6. The van der Waals surface area contributed by atoms with Crippen molar-refractivity contribution >= 4 is 34.4 Å². The van der Waals surface area contributed by atoms with Crippen molar-refractivity contribution in [3.63, 3.8) is 0 Å². The van der Waals surface area contributed by atoms with E-state index in [2.05, 4.69) is 15.3 Å². The van der Waals surface area contributed by atoms with Gasteiger partial charge in [0.1, 0.15) is 5.82 Å². The fourth-order valence-electron chi connectivity index (χ4n) is 3.08. The van der Waals surface area contributed by atoms with Gasteiger partial charge in [-0.25, -0.2) is 4.98 Å². The Balaban J connectivity index is 1.45. The van der Waals surface area contributed by atoms with Crippen LogP contribution in [0.3, 0.4) is 0 Å². The van der Waals surface area contributed by atoms with E-state index in [4.69, 9.17) is 0 Å². The molecule has 1 aliphatic rings. The summed E-state index contributed by atoms with van der Waals surface area (Å²) in [7, 11) is 0. The Bertz CT molecular complexity index is 1050. The number of aromatic amines is 1. The molecule has 0 unspecified atom stereocenters. The molecule has 1 heterocycles. The number of imidazole rings is 1. The molecule has 0 bridgehead atoms. The maximum absolute atomic E-state index is 12.2. The summed E-state index contributed by atoms with van der Waals surface area (Å²) in [5.41, 5.74) is 3.04. The molecule has 0 atom stereocenters. The van der Waals surface area contributed by atoms with Crippen LogP contribution in [0.2, 0.25) is 0 Å². The molecule has 1 saturated carbocycles. The van der Waals surface area contributed by atoms with Gasteiger partial charge in [-0.15, -0.1) is 0 Å². The highest BCUT2D eigenvalue weighted by Gasteiger charge is 2.22. The summed E-state index contributed by atoms with van der Waals surface area (Å²) in [5.74, 6) is 1.23. The minimum atomic E-state index is -0.463. The quantitative estimate of drug-likeness (QED) is 0.399. The molecule has 136 valence electrons. The van der Waals surface area contributed by atoms with Crippen LogP contribution in [0.1, 0.15) is 36.6 Å². The van der Waals surface area contributed by atoms with E-state index in [1.165, 1.54) is 37.5 Å². The average Bonchev–Trinajstić information content (AvgIpc) is 3.01. The average molecular weight is 362 g/mol. The molecule has 0 spiro atoms. The van der Waals surface area contributed by atoms with Gasteiger partial charge in [-0.05, 0) is 42.7 Å². The highest BCUT2D eigenvalue weighted by molar-refractivity contribution is 6.02. The largest absolute Gasteiger partial charge is 0.342 e. The van der Waals surface area contributed by atoms with E-state index in [9.17, 15) is 14.9 Å². The van der Waals surface area contributed by atoms with Gasteiger partial charge in [0.15, 0.2) is 0 Å². The van der Waals surface area contributed by atoms with Crippen LogP contribution >= 0.6 is 0 Å². The summed E-state index contributed by atoms with van der Waals surface area (Å²) in [6.07, 6.45) is 6.50. The first-order valence-electron chi connectivity index (χ1n) is 8.82. The Kier molecular flexibility index (Phi) is 4.42. The molecule has 27 heavy (non-hydrogen) atoms. The second-order valence-electron chi connectivity index (χ2n) is 6.66. The lowest BCUT2D eigenvalue weighted by molar-refractivity contribution is -0.384. The van der Waals surface area contributed by atoms with Crippen molar-refractivity contribution in [2.45, 2.75) is 25.2 Å². The number of hydrogen-bond donors (Lipinski definition) is 2. The topological polar surface area (TPSA) is 101 Å². The van der Waals surface area contributed by atoms with Crippen molar-refractivity contribution in [2.75, 3.05) is 5.32 Å². The van der Waals surface area contributed by atoms with Gasteiger partial charge in [-0.2, -0.15) is 0 Å². The second kappa shape index (κ2) is 7.03. The monoisotopic (exact) mass is 362 g/mol. The van der Waals surface area contributed by atoms with Crippen molar-refractivity contribution in [1.82, 2.24) is 9.97 Å². The molecular formula is C20H18N4O3. The van der Waals surface area contributed by atoms with Gasteiger partial charge in [0, 0.05) is 29.8 Å². The minimum Gasteiger partial charge on any atom is -0.342 e. The zero-order valence-corrected chi connectivity index (χ0v) is 14.5. The van der Waals surface area contributed by atoms with Gasteiger partial charge in [-0.1, -0.05) is 18.6 Å². The maximum Gasteiger partial charge on any atom is 0.270 e. The van der Waals surface area contributed by atoms with Crippen molar-refractivity contribution < 1.29 is 9.72 Å². The molecule has 2 aromatic carbocycles. The molecule has 2 N–H and O–H groups in total. The van der Waals surface area contributed by atoms with Crippen LogP contribution in [-0.2, 0) is 4.79 Å². The predicted molar refractivity (Wildman–Crippen MR) is 103 cm³/mol. The number of nitro groups is 1. The van der Waals surface area contributed by atoms with Crippen LogP contribution in [0.4, 0.5) is 11.4 Å². The van der Waals surface area contributed by atoms with Gasteiger partial charge in [-0.3, -0.25) is 14.9 Å². The maximum atomic E-state index is 12.2. The van der Waals surface area contributed by atoms with Gasteiger partial charge in [0.05, 0.1) is 16.0 Å². The summed E-state index contributed by atoms with van der Waals surface area (Å²) in [4.78, 5) is 30.4. The van der Waals surface area contributed by atoms with Gasteiger partial charge < -0.3 is 10.3 Å². The minimum absolute atomic E-state index is 0.00970. The fraction of sp³-hybridized carbons (Fsp3) is 0.200. The van der Waals surface area contributed by atoms with Crippen LogP contribution in [-0.4, -0.2) is 20.8 Å². The predicted octanol–water partition coefficient (Wildman–Crippen LogP) is 4.39. The van der Waals surface area contributed by atoms with E-state index >= 15 is 0 Å². The molecule has 0 saturated heterocycles. The Morgan fingerprint density at radius 3 is 2.85 bits per heavy atom. The van der Waals surface area contributed by atoms with Crippen molar-refractivity contribution in [3.05, 3.63) is 70.0 Å². The van der Waals surface area contributed by atoms with E-state index in [1.54, 1.807) is 18.2 Å². The number of fused-ring (bicyclic) bond motifs is 1. The number of hydrogen-bond acceptors (Lipinski definition) is 4. The zero-order valence-electron chi connectivity index (χ0n) is 14.5. The number of H-pyrrole nitrogens is 1. The normalized spacial score (nSPS) is 14.4. The third-order valence-corrected chi connectivity index (χ3v) is 4.77. The number of rotatable bonds is 5. The van der Waals surface area contributed by atoms with Crippen LogP contribution in [0.25, 0.3) is 17.1 Å². The number of carbonyl (C=O) groups is 1. The number of anilines is 1. The van der Waals surface area contributed by atoms with Crippen LogP contribution < -0.4 is 5.32 Å². The molecule has 1 amide bonds. The molecule has 3 aromatic rings. The molecule has 4 rings (SSSR count). The van der Waals surface area contributed by atoms with Gasteiger partial charge in [0.2, 0.25) is 5.91 Å². The van der Waals surface area contributed by atoms with Crippen molar-refractivity contribution in [2.24, 2.45) is 0 Å². The molecule has 0 aliphatic heterocycles. The highest BCUT2D eigenvalue weighted by Crippen LogP contribution is 2.35. The molecular weight excluding hydrogens is 344 g/mol. The van der Waals surface area contributed by atoms with E-state index in [0.29, 0.717) is 17.2 Å². The van der Waals surface area contributed by atoms with Gasteiger partial charge in [0.25, 0.3) is 5.69 Å². The van der Waals surface area contributed by atoms with E-state index < -0.39 is 4.92 Å². The number of aromatic nitrogens is 2. The summed E-state index contributed by atoms with van der Waals surface area (Å²) < 4.78 is 0. The molecule has 7 nitrogen and oxygen atoms in total. The van der Waals surface area contributed by atoms with E-state index in [-0.39, 0.29) is 11.6 Å². The summed E-state index contributed by atoms with van der Waals surface area (Å²) in [5, 5.41) is 13.6. The Morgan fingerprint density at radius 1 is 1.26 bits per heavy atom. The van der Waals surface area contributed by atoms with Crippen molar-refractivity contribution in [1.29, 1.82) is 0 Å². The smallest absolute Gasteiger partial charge is 0.270 e. The van der Waals surface area contributed by atoms with Crippen molar-refractivity contribution in [3.8, 4) is 0 Å². The lowest BCUT2D eigenvalue weighted by atomic mass is 9.85. The lowest BCUT2D eigenvalue weighted by Gasteiger charge is -2.22. The third-order valence-electron chi connectivity index (χ3n) is 4.77. The van der Waals surface area contributed by atoms with Crippen LogP contribution in [0.15, 0.2) is 48.5 Å². The summed E-state index contributed by atoms with van der Waals surface area (Å²) in [6.45, 7) is 0. The first-order chi connectivity index (χ1) is 13.1. The first-order valence-corrected chi connectivity index (χ1v) is 8.82.